The van der Waals surface area contributed by atoms with Crippen LogP contribution in [-0.4, -0.2) is 34.4 Å². The summed E-state index contributed by atoms with van der Waals surface area (Å²) >= 11 is 2.27. The Morgan fingerprint density at radius 1 is 0.968 bits per heavy atom. The summed E-state index contributed by atoms with van der Waals surface area (Å²) in [6.07, 6.45) is 3.43. The van der Waals surface area contributed by atoms with Gasteiger partial charge in [-0.1, -0.05) is 34.7 Å². The SMILES string of the molecule is Nc1ncccc1-c1nc2ccc(-c3ccnn3CI)nc2n1-c1ccc(CO)cc1. The molecule has 31 heavy (non-hydrogen) atoms. The van der Waals surface area contributed by atoms with Crippen molar-refractivity contribution in [1.29, 1.82) is 0 Å². The molecule has 8 nitrogen and oxygen atoms in total. The number of fused-ring (bicyclic) bond motifs is 1. The number of halogens is 1. The molecule has 0 amide bonds. The van der Waals surface area contributed by atoms with Crippen LogP contribution in [0, 0.1) is 0 Å². The molecule has 0 fully saturated rings. The maximum atomic E-state index is 9.43. The Hall–Kier alpha value is -3.31. The molecule has 154 valence electrons. The largest absolute Gasteiger partial charge is 0.392 e. The lowest BCUT2D eigenvalue weighted by atomic mass is 10.2. The molecule has 5 rings (SSSR count). The molecule has 0 saturated heterocycles. The molecule has 0 aliphatic rings. The predicted octanol–water partition coefficient (Wildman–Crippen LogP) is 3.81. The first-order valence-corrected chi connectivity index (χ1v) is 11.1. The monoisotopic (exact) mass is 523 g/mol. The number of alkyl halides is 1. The van der Waals surface area contributed by atoms with Crippen LogP contribution in [0.1, 0.15) is 5.56 Å². The molecule has 0 saturated carbocycles. The molecule has 0 radical (unpaired) electrons. The summed E-state index contributed by atoms with van der Waals surface area (Å²) in [5.41, 5.74) is 11.8. The fraction of sp³-hybridized carbons (Fsp3) is 0.0909. The lowest BCUT2D eigenvalue weighted by molar-refractivity contribution is 0.282. The molecule has 0 bridgehead atoms. The number of imidazole rings is 1. The first-order chi connectivity index (χ1) is 15.2. The van der Waals surface area contributed by atoms with Gasteiger partial charge in [-0.15, -0.1) is 0 Å². The molecule has 4 aromatic heterocycles. The Balaban J connectivity index is 1.79. The van der Waals surface area contributed by atoms with Crippen molar-refractivity contribution in [3.05, 3.63) is 72.6 Å². The number of nitrogen functional groups attached to an aromatic ring is 1. The predicted molar refractivity (Wildman–Crippen MR) is 128 cm³/mol. The second-order valence-corrected chi connectivity index (χ2v) is 7.59. The molecule has 3 N–H and O–H groups in total. The van der Waals surface area contributed by atoms with E-state index < -0.39 is 0 Å². The number of hydrogen-bond donors (Lipinski definition) is 2. The number of rotatable bonds is 5. The van der Waals surface area contributed by atoms with Crippen LogP contribution in [0.4, 0.5) is 5.82 Å². The van der Waals surface area contributed by atoms with Gasteiger partial charge in [-0.25, -0.2) is 15.0 Å². The zero-order chi connectivity index (χ0) is 21.4. The highest BCUT2D eigenvalue weighted by atomic mass is 127. The third kappa shape index (κ3) is 3.45. The van der Waals surface area contributed by atoms with Gasteiger partial charge < -0.3 is 10.8 Å². The van der Waals surface area contributed by atoms with Crippen molar-refractivity contribution in [2.45, 2.75) is 11.2 Å². The highest BCUT2D eigenvalue weighted by molar-refractivity contribution is 14.1. The van der Waals surface area contributed by atoms with Gasteiger partial charge in [0.1, 0.15) is 11.3 Å². The first kappa shape index (κ1) is 19.6. The van der Waals surface area contributed by atoms with Crippen LogP contribution in [-0.2, 0) is 11.2 Å². The quantitative estimate of drug-likeness (QED) is 0.268. The fourth-order valence-electron chi connectivity index (χ4n) is 3.53. The standard InChI is InChI=1S/C22H18IN7O/c23-13-29-19(9-11-26-29)17-7-8-18-22(27-17)30(15-5-3-14(12-31)4-6-15)21(28-18)16-2-1-10-25-20(16)24/h1-11,31H,12-13H2,(H2,24,25). The van der Waals surface area contributed by atoms with E-state index in [1.165, 1.54) is 0 Å². The Morgan fingerprint density at radius 2 is 1.81 bits per heavy atom. The number of anilines is 1. The van der Waals surface area contributed by atoms with Gasteiger partial charge >= 0.3 is 0 Å². The van der Waals surface area contributed by atoms with E-state index in [0.717, 1.165) is 38.3 Å². The smallest absolute Gasteiger partial charge is 0.165 e. The molecule has 0 aliphatic carbocycles. The van der Waals surface area contributed by atoms with Crippen molar-refractivity contribution >= 4 is 39.6 Å². The fourth-order valence-corrected chi connectivity index (χ4v) is 4.07. The molecule has 0 spiro atoms. The van der Waals surface area contributed by atoms with Gasteiger partial charge in [0.2, 0.25) is 0 Å². The summed E-state index contributed by atoms with van der Waals surface area (Å²) in [5, 5.41) is 13.8. The average Bonchev–Trinajstić information content (AvgIpc) is 3.43. The normalized spacial score (nSPS) is 11.3. The third-order valence-corrected chi connectivity index (χ3v) is 5.70. The minimum absolute atomic E-state index is 0.0178. The average molecular weight is 523 g/mol. The lowest BCUT2D eigenvalue weighted by Crippen LogP contribution is -2.03. The number of aromatic nitrogens is 6. The van der Waals surface area contributed by atoms with Crippen LogP contribution in [0.25, 0.3) is 39.6 Å². The number of aliphatic hydroxyl groups excluding tert-OH is 1. The second kappa shape index (κ2) is 8.08. The van der Waals surface area contributed by atoms with Crippen molar-refractivity contribution in [3.8, 4) is 28.5 Å². The summed E-state index contributed by atoms with van der Waals surface area (Å²) in [5.74, 6) is 1.05. The van der Waals surface area contributed by atoms with E-state index in [1.54, 1.807) is 12.4 Å². The molecular formula is C22H18IN7O. The van der Waals surface area contributed by atoms with Gasteiger partial charge in [-0.3, -0.25) is 9.25 Å². The number of aliphatic hydroxyl groups is 1. The van der Waals surface area contributed by atoms with Crippen molar-refractivity contribution < 1.29 is 5.11 Å². The number of nitrogens with zero attached hydrogens (tertiary/aromatic N) is 6. The van der Waals surface area contributed by atoms with Gasteiger partial charge in [-0.2, -0.15) is 5.10 Å². The van der Waals surface area contributed by atoms with E-state index in [2.05, 4.69) is 32.7 Å². The molecule has 4 heterocycles. The van der Waals surface area contributed by atoms with E-state index in [1.807, 2.05) is 63.8 Å². The van der Waals surface area contributed by atoms with Crippen LogP contribution < -0.4 is 5.73 Å². The zero-order valence-corrected chi connectivity index (χ0v) is 18.5. The highest BCUT2D eigenvalue weighted by Gasteiger charge is 2.19. The van der Waals surface area contributed by atoms with Crippen LogP contribution in [0.3, 0.4) is 0 Å². The molecule has 9 heteroatoms. The van der Waals surface area contributed by atoms with Crippen molar-refractivity contribution in [2.75, 3.05) is 5.73 Å². The van der Waals surface area contributed by atoms with E-state index in [9.17, 15) is 5.11 Å². The summed E-state index contributed by atoms with van der Waals surface area (Å²) in [4.78, 5) is 14.0. The highest BCUT2D eigenvalue weighted by Crippen LogP contribution is 2.31. The number of benzene rings is 1. The van der Waals surface area contributed by atoms with E-state index >= 15 is 0 Å². The van der Waals surface area contributed by atoms with Gasteiger partial charge in [0.25, 0.3) is 0 Å². The Bertz CT molecular complexity index is 1370. The van der Waals surface area contributed by atoms with Crippen molar-refractivity contribution in [3.63, 3.8) is 0 Å². The Kier molecular flexibility index (Phi) is 5.12. The minimum atomic E-state index is -0.0178. The maximum Gasteiger partial charge on any atom is 0.165 e. The molecule has 5 aromatic rings. The minimum Gasteiger partial charge on any atom is -0.392 e. The van der Waals surface area contributed by atoms with Gasteiger partial charge in [0.15, 0.2) is 11.5 Å². The summed E-state index contributed by atoms with van der Waals surface area (Å²) < 4.78 is 4.59. The summed E-state index contributed by atoms with van der Waals surface area (Å²) in [7, 11) is 0. The molecule has 0 aliphatic heterocycles. The number of pyridine rings is 2. The maximum absolute atomic E-state index is 9.43. The van der Waals surface area contributed by atoms with Crippen molar-refractivity contribution in [2.24, 2.45) is 0 Å². The van der Waals surface area contributed by atoms with Gasteiger partial charge in [0.05, 0.1) is 28.1 Å². The van der Waals surface area contributed by atoms with Gasteiger partial charge in [0, 0.05) is 18.1 Å². The molecule has 0 atom stereocenters. The van der Waals surface area contributed by atoms with E-state index in [-0.39, 0.29) is 6.61 Å². The Morgan fingerprint density at radius 3 is 2.55 bits per heavy atom. The topological polar surface area (TPSA) is 108 Å². The van der Waals surface area contributed by atoms with Crippen LogP contribution in [0.15, 0.2) is 67.0 Å². The third-order valence-electron chi connectivity index (χ3n) is 5.05. The summed E-state index contributed by atoms with van der Waals surface area (Å²) in [6, 6.07) is 17.2. The van der Waals surface area contributed by atoms with Crippen LogP contribution in [0.5, 0.6) is 0 Å². The molecule has 0 unspecified atom stereocenters. The second-order valence-electron chi connectivity index (χ2n) is 6.91. The summed E-state index contributed by atoms with van der Waals surface area (Å²) in [6.45, 7) is -0.0178. The number of nitrogens with two attached hydrogens (primary N) is 1. The molecular weight excluding hydrogens is 505 g/mol. The Labute approximate surface area is 191 Å². The zero-order valence-electron chi connectivity index (χ0n) is 16.4. The van der Waals surface area contributed by atoms with Crippen LogP contribution >= 0.6 is 22.6 Å². The number of hydrogen-bond acceptors (Lipinski definition) is 6. The first-order valence-electron chi connectivity index (χ1n) is 9.58. The van der Waals surface area contributed by atoms with Gasteiger partial charge in [-0.05, 0) is 48.0 Å². The van der Waals surface area contributed by atoms with E-state index in [4.69, 9.17) is 15.7 Å². The molecule has 1 aromatic carbocycles. The lowest BCUT2D eigenvalue weighted by Gasteiger charge is -2.11. The van der Waals surface area contributed by atoms with Crippen LogP contribution in [0.2, 0.25) is 0 Å². The van der Waals surface area contributed by atoms with Crippen molar-refractivity contribution in [1.82, 2.24) is 29.3 Å². The van der Waals surface area contributed by atoms with E-state index in [0.29, 0.717) is 17.3 Å².